The van der Waals surface area contributed by atoms with Crippen molar-refractivity contribution < 1.29 is 13.2 Å². The third-order valence-electron chi connectivity index (χ3n) is 3.92. The molecular formula is C15H20ClNO3S. The quantitative estimate of drug-likeness (QED) is 0.851. The third-order valence-corrected chi connectivity index (χ3v) is 5.83. The summed E-state index contributed by atoms with van der Waals surface area (Å²) in [5.41, 5.74) is 1.04. The first kappa shape index (κ1) is 16.3. The number of halogens is 1. The number of benzene rings is 1. The van der Waals surface area contributed by atoms with E-state index in [9.17, 15) is 13.2 Å². The molecule has 116 valence electrons. The summed E-state index contributed by atoms with van der Waals surface area (Å²) in [6, 6.07) is 7.50. The number of carbonyl (C=O) groups is 1. The molecule has 0 atom stereocenters. The van der Waals surface area contributed by atoms with Crippen molar-refractivity contribution in [3.8, 4) is 0 Å². The molecule has 1 aromatic rings. The van der Waals surface area contributed by atoms with Gasteiger partial charge in [-0.05, 0) is 37.0 Å². The van der Waals surface area contributed by atoms with Gasteiger partial charge in [0, 0.05) is 30.8 Å². The Labute approximate surface area is 131 Å². The van der Waals surface area contributed by atoms with Gasteiger partial charge in [-0.1, -0.05) is 23.7 Å². The van der Waals surface area contributed by atoms with E-state index in [4.69, 9.17) is 11.6 Å². The minimum atomic E-state index is -2.99. The van der Waals surface area contributed by atoms with Gasteiger partial charge in [0.15, 0.2) is 0 Å². The summed E-state index contributed by atoms with van der Waals surface area (Å²) in [7, 11) is -2.99. The Bertz CT molecular complexity index is 607. The van der Waals surface area contributed by atoms with Gasteiger partial charge in [-0.15, -0.1) is 0 Å². The number of hydrogen-bond donors (Lipinski definition) is 0. The van der Waals surface area contributed by atoms with E-state index in [-0.39, 0.29) is 11.2 Å². The second-order valence-electron chi connectivity index (χ2n) is 5.54. The van der Waals surface area contributed by atoms with Gasteiger partial charge in [0.1, 0.15) is 9.84 Å². The molecule has 0 unspecified atom stereocenters. The average Bonchev–Trinajstić information content (AvgIpc) is 2.44. The summed E-state index contributed by atoms with van der Waals surface area (Å²) in [6.07, 6.45) is 3.45. The van der Waals surface area contributed by atoms with Crippen LogP contribution in [-0.4, -0.2) is 43.8 Å². The third kappa shape index (κ3) is 4.71. The summed E-state index contributed by atoms with van der Waals surface area (Å²) in [5, 5.41) is 0.378. The molecule has 0 radical (unpaired) electrons. The van der Waals surface area contributed by atoms with Crippen molar-refractivity contribution in [1.82, 2.24) is 4.90 Å². The van der Waals surface area contributed by atoms with Crippen LogP contribution in [0.25, 0.3) is 0 Å². The van der Waals surface area contributed by atoms with E-state index in [2.05, 4.69) is 0 Å². The van der Waals surface area contributed by atoms with E-state index in [0.29, 0.717) is 43.8 Å². The molecule has 1 fully saturated rings. The highest BCUT2D eigenvalue weighted by Crippen LogP contribution is 2.18. The van der Waals surface area contributed by atoms with Crippen LogP contribution in [0.2, 0.25) is 5.02 Å². The van der Waals surface area contributed by atoms with Gasteiger partial charge >= 0.3 is 0 Å². The Kier molecular flexibility index (Phi) is 5.27. The molecule has 1 amide bonds. The van der Waals surface area contributed by atoms with Gasteiger partial charge in [-0.3, -0.25) is 4.79 Å². The lowest BCUT2D eigenvalue weighted by Crippen LogP contribution is -2.42. The molecule has 2 rings (SSSR count). The molecule has 0 spiro atoms. The number of aryl methyl sites for hydroxylation is 1. The van der Waals surface area contributed by atoms with Crippen LogP contribution < -0.4 is 0 Å². The van der Waals surface area contributed by atoms with Gasteiger partial charge in [-0.25, -0.2) is 8.42 Å². The Morgan fingerprint density at radius 3 is 2.57 bits per heavy atom. The van der Waals surface area contributed by atoms with E-state index in [1.807, 2.05) is 24.3 Å². The predicted octanol–water partition coefficient (Wildman–Crippen LogP) is 2.31. The highest BCUT2D eigenvalue weighted by Gasteiger charge is 2.28. The van der Waals surface area contributed by atoms with Gasteiger partial charge in [-0.2, -0.15) is 0 Å². The maximum atomic E-state index is 12.2. The minimum Gasteiger partial charge on any atom is -0.343 e. The van der Waals surface area contributed by atoms with Crippen molar-refractivity contribution in [3.63, 3.8) is 0 Å². The largest absolute Gasteiger partial charge is 0.343 e. The Morgan fingerprint density at radius 2 is 2.00 bits per heavy atom. The summed E-state index contributed by atoms with van der Waals surface area (Å²) in [6.45, 7) is 1.07. The zero-order valence-corrected chi connectivity index (χ0v) is 13.7. The number of sulfone groups is 1. The van der Waals surface area contributed by atoms with Crippen LogP contribution in [0.15, 0.2) is 24.3 Å². The van der Waals surface area contributed by atoms with Crippen LogP contribution in [0.4, 0.5) is 0 Å². The molecule has 0 aliphatic carbocycles. The molecule has 1 aromatic carbocycles. The van der Waals surface area contributed by atoms with Crippen LogP contribution in [0, 0.1) is 0 Å². The molecule has 1 aliphatic rings. The van der Waals surface area contributed by atoms with Crippen LogP contribution in [0.3, 0.4) is 0 Å². The lowest BCUT2D eigenvalue weighted by atomic mass is 10.1. The summed E-state index contributed by atoms with van der Waals surface area (Å²) < 4.78 is 23.0. The van der Waals surface area contributed by atoms with E-state index in [1.165, 1.54) is 6.26 Å². The Morgan fingerprint density at radius 1 is 1.33 bits per heavy atom. The van der Waals surface area contributed by atoms with Gasteiger partial charge < -0.3 is 4.90 Å². The van der Waals surface area contributed by atoms with Crippen molar-refractivity contribution in [3.05, 3.63) is 34.9 Å². The van der Waals surface area contributed by atoms with E-state index < -0.39 is 9.84 Å². The molecule has 0 bridgehead atoms. The number of carbonyl (C=O) groups excluding carboxylic acids is 1. The lowest BCUT2D eigenvalue weighted by Gasteiger charge is -2.31. The zero-order valence-electron chi connectivity index (χ0n) is 12.1. The summed E-state index contributed by atoms with van der Waals surface area (Å²) in [4.78, 5) is 13.9. The lowest BCUT2D eigenvalue weighted by molar-refractivity contribution is -0.132. The molecule has 1 heterocycles. The molecule has 0 aromatic heterocycles. The van der Waals surface area contributed by atoms with E-state index in [0.717, 1.165) is 5.56 Å². The first-order valence-corrected chi connectivity index (χ1v) is 9.40. The number of likely N-dealkylation sites (tertiary alicyclic amines) is 1. The summed E-state index contributed by atoms with van der Waals surface area (Å²) in [5.74, 6) is 0.0851. The second kappa shape index (κ2) is 6.79. The molecule has 6 heteroatoms. The maximum Gasteiger partial charge on any atom is 0.222 e. The highest BCUT2D eigenvalue weighted by atomic mass is 35.5. The first-order valence-electron chi connectivity index (χ1n) is 7.07. The van der Waals surface area contributed by atoms with Crippen LogP contribution in [0.5, 0.6) is 0 Å². The minimum absolute atomic E-state index is 0.0851. The fourth-order valence-corrected chi connectivity index (χ4v) is 3.92. The topological polar surface area (TPSA) is 54.5 Å². The van der Waals surface area contributed by atoms with Crippen molar-refractivity contribution in [2.24, 2.45) is 0 Å². The smallest absolute Gasteiger partial charge is 0.222 e. The number of nitrogens with zero attached hydrogens (tertiary/aromatic N) is 1. The highest BCUT2D eigenvalue weighted by molar-refractivity contribution is 7.91. The van der Waals surface area contributed by atoms with Gasteiger partial charge in [0.05, 0.1) is 5.25 Å². The van der Waals surface area contributed by atoms with Crippen molar-refractivity contribution in [1.29, 1.82) is 0 Å². The number of piperidine rings is 1. The van der Waals surface area contributed by atoms with Crippen LogP contribution >= 0.6 is 11.6 Å². The van der Waals surface area contributed by atoms with E-state index in [1.54, 1.807) is 4.90 Å². The number of hydrogen-bond acceptors (Lipinski definition) is 3. The zero-order chi connectivity index (χ0) is 15.5. The predicted molar refractivity (Wildman–Crippen MR) is 84.2 cm³/mol. The fraction of sp³-hybridized carbons (Fsp3) is 0.533. The van der Waals surface area contributed by atoms with Crippen LogP contribution in [0.1, 0.15) is 24.8 Å². The molecule has 1 saturated heterocycles. The summed E-state index contributed by atoms with van der Waals surface area (Å²) >= 11 is 5.92. The maximum absolute atomic E-state index is 12.2. The van der Waals surface area contributed by atoms with Gasteiger partial charge in [0.2, 0.25) is 5.91 Å². The van der Waals surface area contributed by atoms with Gasteiger partial charge in [0.25, 0.3) is 0 Å². The molecular weight excluding hydrogens is 310 g/mol. The molecule has 0 N–H and O–H groups in total. The molecule has 4 nitrogen and oxygen atoms in total. The van der Waals surface area contributed by atoms with Crippen molar-refractivity contribution >= 4 is 27.3 Å². The molecule has 21 heavy (non-hydrogen) atoms. The van der Waals surface area contributed by atoms with Crippen LogP contribution in [-0.2, 0) is 21.1 Å². The normalized spacial score (nSPS) is 17.0. The Hall–Kier alpha value is -1.07. The second-order valence-corrected chi connectivity index (χ2v) is 8.30. The standard InChI is InChI=1S/C15H20ClNO3S/c1-21(19,20)14-7-9-17(10-8-14)15(18)6-5-12-3-2-4-13(16)11-12/h2-4,11,14H,5-10H2,1H3. The Balaban J connectivity index is 1.83. The number of rotatable bonds is 4. The average molecular weight is 330 g/mol. The molecule has 1 aliphatic heterocycles. The molecule has 0 saturated carbocycles. The van der Waals surface area contributed by atoms with Crippen molar-refractivity contribution in [2.45, 2.75) is 30.9 Å². The number of amides is 1. The SMILES string of the molecule is CS(=O)(=O)C1CCN(C(=O)CCc2cccc(Cl)c2)CC1. The van der Waals surface area contributed by atoms with E-state index >= 15 is 0 Å². The van der Waals surface area contributed by atoms with Crippen molar-refractivity contribution in [2.75, 3.05) is 19.3 Å². The first-order chi connectivity index (χ1) is 9.86. The fourth-order valence-electron chi connectivity index (χ4n) is 2.64. The monoisotopic (exact) mass is 329 g/mol.